The van der Waals surface area contributed by atoms with Crippen molar-refractivity contribution in [1.82, 2.24) is 5.32 Å². The summed E-state index contributed by atoms with van der Waals surface area (Å²) in [5, 5.41) is 3.08. The molecule has 1 aromatic rings. The third-order valence-corrected chi connectivity index (χ3v) is 5.05. The van der Waals surface area contributed by atoms with Crippen molar-refractivity contribution in [2.45, 2.75) is 31.7 Å². The number of carbonyl (C=O) groups excluding carboxylic acids is 2. The minimum absolute atomic E-state index is 0. The average molecular weight is 357 g/mol. The highest BCUT2D eigenvalue weighted by Gasteiger charge is 2.25. The first-order chi connectivity index (χ1) is 10.7. The van der Waals surface area contributed by atoms with Crippen molar-refractivity contribution in [2.75, 3.05) is 18.1 Å². The Bertz CT molecular complexity index is 499. The van der Waals surface area contributed by atoms with Crippen LogP contribution < -0.4 is 11.1 Å². The largest absolute Gasteiger partial charge is 0.352 e. The molecule has 1 saturated carbocycles. The molecule has 2 atom stereocenters. The van der Waals surface area contributed by atoms with Crippen LogP contribution in [0.3, 0.4) is 0 Å². The van der Waals surface area contributed by atoms with Crippen molar-refractivity contribution in [2.24, 2.45) is 11.7 Å². The summed E-state index contributed by atoms with van der Waals surface area (Å²) >= 11 is 1.37. The Morgan fingerprint density at radius 3 is 2.52 bits per heavy atom. The van der Waals surface area contributed by atoms with Gasteiger partial charge in [-0.3, -0.25) is 9.59 Å². The fourth-order valence-electron chi connectivity index (χ4n) is 2.87. The minimum Gasteiger partial charge on any atom is -0.352 e. The smallest absolute Gasteiger partial charge is 0.230 e. The van der Waals surface area contributed by atoms with E-state index in [1.165, 1.54) is 18.2 Å². The first-order valence-corrected chi connectivity index (χ1v) is 9.01. The number of hydrogen-bond acceptors (Lipinski definition) is 4. The normalized spacial score (nSPS) is 20.4. The van der Waals surface area contributed by atoms with Crippen LogP contribution in [-0.2, 0) is 4.79 Å². The monoisotopic (exact) mass is 356 g/mol. The molecule has 128 valence electrons. The molecule has 2 rings (SSSR count). The highest BCUT2D eigenvalue weighted by molar-refractivity contribution is 8.00. The molecule has 0 bridgehead atoms. The highest BCUT2D eigenvalue weighted by atomic mass is 35.5. The molecule has 6 heteroatoms. The zero-order valence-electron chi connectivity index (χ0n) is 13.2. The van der Waals surface area contributed by atoms with E-state index in [4.69, 9.17) is 5.73 Å². The second-order valence-electron chi connectivity index (χ2n) is 5.74. The van der Waals surface area contributed by atoms with Crippen molar-refractivity contribution < 1.29 is 9.59 Å². The lowest BCUT2D eigenvalue weighted by Gasteiger charge is -2.31. The number of carbonyl (C=O) groups is 2. The van der Waals surface area contributed by atoms with Gasteiger partial charge in [0, 0.05) is 11.6 Å². The predicted octanol–water partition coefficient (Wildman–Crippen LogP) is 2.66. The molecule has 2 unspecified atom stereocenters. The zero-order valence-corrected chi connectivity index (χ0v) is 14.8. The maximum absolute atomic E-state index is 12.0. The summed E-state index contributed by atoms with van der Waals surface area (Å²) in [5.74, 6) is 1.13. The molecule has 0 saturated heterocycles. The lowest BCUT2D eigenvalue weighted by atomic mass is 9.84. The quantitative estimate of drug-likeness (QED) is 0.737. The molecule has 0 aromatic heterocycles. The first kappa shape index (κ1) is 20.0. The summed E-state index contributed by atoms with van der Waals surface area (Å²) in [5.41, 5.74) is 6.47. The minimum atomic E-state index is 0. The second-order valence-corrected chi connectivity index (χ2v) is 6.72. The first-order valence-electron chi connectivity index (χ1n) is 7.86. The molecule has 0 heterocycles. The Balaban J connectivity index is 0.00000264. The Kier molecular flexibility index (Phi) is 9.29. The van der Waals surface area contributed by atoms with E-state index in [-0.39, 0.29) is 30.1 Å². The zero-order chi connectivity index (χ0) is 15.8. The average Bonchev–Trinajstić information content (AvgIpc) is 2.56. The van der Waals surface area contributed by atoms with Gasteiger partial charge in [-0.15, -0.1) is 24.2 Å². The van der Waals surface area contributed by atoms with E-state index in [1.54, 1.807) is 12.1 Å². The lowest BCUT2D eigenvalue weighted by Crippen LogP contribution is -2.45. The molecule has 1 aliphatic carbocycles. The van der Waals surface area contributed by atoms with Crippen LogP contribution in [0.1, 0.15) is 36.0 Å². The maximum atomic E-state index is 12.0. The van der Waals surface area contributed by atoms with Gasteiger partial charge in [-0.2, -0.15) is 0 Å². The molecule has 0 radical (unpaired) electrons. The molecule has 3 N–H and O–H groups in total. The second kappa shape index (κ2) is 10.7. The van der Waals surface area contributed by atoms with Crippen molar-refractivity contribution in [3.63, 3.8) is 0 Å². The van der Waals surface area contributed by atoms with Gasteiger partial charge in [0.1, 0.15) is 0 Å². The number of Topliss-reactive ketones (excluding diaryl/α,β-unsaturated/α-hetero) is 1. The van der Waals surface area contributed by atoms with Crippen LogP contribution >= 0.6 is 24.2 Å². The van der Waals surface area contributed by atoms with E-state index in [0.717, 1.165) is 19.3 Å². The number of nitrogens with one attached hydrogen (secondary N) is 1. The van der Waals surface area contributed by atoms with Gasteiger partial charge in [0.25, 0.3) is 0 Å². The number of ketones is 1. The van der Waals surface area contributed by atoms with Gasteiger partial charge in [-0.1, -0.05) is 43.2 Å². The molecule has 23 heavy (non-hydrogen) atoms. The van der Waals surface area contributed by atoms with Crippen molar-refractivity contribution in [3.8, 4) is 0 Å². The number of amides is 1. The summed E-state index contributed by atoms with van der Waals surface area (Å²) < 4.78 is 0. The van der Waals surface area contributed by atoms with Gasteiger partial charge in [0.2, 0.25) is 5.91 Å². The number of rotatable bonds is 7. The van der Waals surface area contributed by atoms with E-state index in [0.29, 0.717) is 29.5 Å². The van der Waals surface area contributed by atoms with Gasteiger partial charge in [-0.25, -0.2) is 0 Å². The van der Waals surface area contributed by atoms with Gasteiger partial charge >= 0.3 is 0 Å². The highest BCUT2D eigenvalue weighted by Crippen LogP contribution is 2.23. The molecule has 0 aliphatic heterocycles. The molecule has 1 amide bonds. The van der Waals surface area contributed by atoms with E-state index < -0.39 is 0 Å². The number of hydrogen-bond donors (Lipinski definition) is 2. The summed E-state index contributed by atoms with van der Waals surface area (Å²) in [6.07, 6.45) is 4.47. The number of halogens is 1. The van der Waals surface area contributed by atoms with Crippen molar-refractivity contribution >= 4 is 35.9 Å². The molecule has 0 spiro atoms. The van der Waals surface area contributed by atoms with E-state index in [2.05, 4.69) is 5.32 Å². The number of nitrogens with two attached hydrogens (primary N) is 1. The SMILES string of the molecule is Cl.NCC1CCCCC1NC(=O)CSCC(=O)c1ccccc1. The predicted molar refractivity (Wildman–Crippen MR) is 98.3 cm³/mol. The summed E-state index contributed by atoms with van der Waals surface area (Å²) in [4.78, 5) is 24.0. The lowest BCUT2D eigenvalue weighted by molar-refractivity contribution is -0.119. The molecular formula is C17H25ClN2O2S. The maximum Gasteiger partial charge on any atom is 0.230 e. The Labute approximate surface area is 148 Å². The third kappa shape index (κ3) is 6.53. The number of thioether (sulfide) groups is 1. The van der Waals surface area contributed by atoms with Crippen LogP contribution in [0.25, 0.3) is 0 Å². The van der Waals surface area contributed by atoms with Gasteiger partial charge in [0.15, 0.2) is 5.78 Å². The van der Waals surface area contributed by atoms with Gasteiger partial charge in [0.05, 0.1) is 11.5 Å². The molecule has 4 nitrogen and oxygen atoms in total. The van der Waals surface area contributed by atoms with Crippen molar-refractivity contribution in [1.29, 1.82) is 0 Å². The van der Waals surface area contributed by atoms with Crippen LogP contribution in [-0.4, -0.2) is 35.8 Å². The summed E-state index contributed by atoms with van der Waals surface area (Å²) in [7, 11) is 0. The Morgan fingerprint density at radius 2 is 1.83 bits per heavy atom. The summed E-state index contributed by atoms with van der Waals surface area (Å²) in [6, 6.07) is 9.39. The fraction of sp³-hybridized carbons (Fsp3) is 0.529. The van der Waals surface area contributed by atoms with Crippen molar-refractivity contribution in [3.05, 3.63) is 35.9 Å². The van der Waals surface area contributed by atoms with Crippen LogP contribution in [0, 0.1) is 5.92 Å². The van der Waals surface area contributed by atoms with Crippen LogP contribution in [0.4, 0.5) is 0 Å². The molecular weight excluding hydrogens is 332 g/mol. The van der Waals surface area contributed by atoms with E-state index >= 15 is 0 Å². The summed E-state index contributed by atoms with van der Waals surface area (Å²) in [6.45, 7) is 0.630. The Hall–Kier alpha value is -1.04. The fourth-order valence-corrected chi connectivity index (χ4v) is 3.59. The van der Waals surface area contributed by atoms with Gasteiger partial charge in [-0.05, 0) is 25.3 Å². The molecule has 1 aromatic carbocycles. The molecule has 1 aliphatic rings. The van der Waals surface area contributed by atoms with Crippen LogP contribution in [0.5, 0.6) is 0 Å². The van der Waals surface area contributed by atoms with Crippen LogP contribution in [0.15, 0.2) is 30.3 Å². The van der Waals surface area contributed by atoms with Gasteiger partial charge < -0.3 is 11.1 Å². The topological polar surface area (TPSA) is 72.2 Å². The molecule has 1 fully saturated rings. The standard InChI is InChI=1S/C17H24N2O2S.ClH/c18-10-14-8-4-5-9-15(14)19-17(21)12-22-11-16(20)13-6-2-1-3-7-13;/h1-3,6-7,14-15H,4-5,8-12,18H2,(H,19,21);1H. The van der Waals surface area contributed by atoms with E-state index in [1.807, 2.05) is 18.2 Å². The number of benzene rings is 1. The van der Waals surface area contributed by atoms with Crippen LogP contribution in [0.2, 0.25) is 0 Å². The Morgan fingerprint density at radius 1 is 1.13 bits per heavy atom. The third-order valence-electron chi connectivity index (χ3n) is 4.12. The van der Waals surface area contributed by atoms with E-state index in [9.17, 15) is 9.59 Å².